The molecule has 8 heteroatoms. The van der Waals surface area contributed by atoms with Gasteiger partial charge in [-0.2, -0.15) is 0 Å². The van der Waals surface area contributed by atoms with Crippen molar-refractivity contribution >= 4 is 11.8 Å². The van der Waals surface area contributed by atoms with Crippen molar-refractivity contribution in [2.75, 3.05) is 13.7 Å². The summed E-state index contributed by atoms with van der Waals surface area (Å²) in [6.07, 6.45) is -4.25. The molecule has 2 rings (SSSR count). The first-order valence-corrected chi connectivity index (χ1v) is 7.58. The van der Waals surface area contributed by atoms with Crippen LogP contribution >= 0.6 is 0 Å². The number of nitrogens with one attached hydrogen (secondary N) is 2. The van der Waals surface area contributed by atoms with E-state index in [2.05, 4.69) is 10.6 Å². The largest absolute Gasteiger partial charge is 0.388 e. The van der Waals surface area contributed by atoms with Crippen LogP contribution in [0.1, 0.15) is 17.3 Å². The number of hydrogen-bond donors (Lipinski definition) is 4. The zero-order chi connectivity index (χ0) is 17.7. The van der Waals surface area contributed by atoms with Crippen molar-refractivity contribution < 1.29 is 29.3 Å². The minimum absolute atomic E-state index is 0.0206. The minimum Gasteiger partial charge on any atom is -0.388 e. The van der Waals surface area contributed by atoms with Gasteiger partial charge in [0.05, 0.1) is 0 Å². The molecule has 1 aromatic carbocycles. The third-order valence-electron chi connectivity index (χ3n) is 3.85. The van der Waals surface area contributed by atoms with E-state index < -0.39 is 36.6 Å². The van der Waals surface area contributed by atoms with Crippen LogP contribution in [0, 0.1) is 0 Å². The van der Waals surface area contributed by atoms with Crippen LogP contribution in [0.3, 0.4) is 0 Å². The van der Waals surface area contributed by atoms with Gasteiger partial charge in [0.15, 0.2) is 6.29 Å². The molecule has 0 saturated carbocycles. The summed E-state index contributed by atoms with van der Waals surface area (Å²) >= 11 is 0. The molecule has 0 aliphatic carbocycles. The lowest BCUT2D eigenvalue weighted by molar-refractivity contribution is -0.248. The summed E-state index contributed by atoms with van der Waals surface area (Å²) in [4.78, 5) is 23.2. The van der Waals surface area contributed by atoms with E-state index in [0.717, 1.165) is 0 Å². The molecule has 0 aromatic heterocycles. The average Bonchev–Trinajstić information content (AvgIpc) is 2.57. The fourth-order valence-electron chi connectivity index (χ4n) is 2.61. The number of methoxy groups -OCH3 is 1. The molecular weight excluding hydrogens is 316 g/mol. The molecule has 1 fully saturated rings. The molecule has 5 atom stereocenters. The zero-order valence-corrected chi connectivity index (χ0v) is 13.5. The third-order valence-corrected chi connectivity index (χ3v) is 3.85. The Balaban J connectivity index is 2.07. The maximum Gasteiger partial charge on any atom is 0.251 e. The molecule has 1 aliphatic rings. The molecule has 0 bridgehead atoms. The van der Waals surface area contributed by atoms with E-state index >= 15 is 0 Å². The number of hydrogen-bond acceptors (Lipinski definition) is 6. The van der Waals surface area contributed by atoms with Crippen LogP contribution in [-0.2, 0) is 14.3 Å². The Bertz CT molecular complexity index is 567. The maximum absolute atomic E-state index is 12.3. The first-order valence-electron chi connectivity index (χ1n) is 7.58. The van der Waals surface area contributed by atoms with Crippen molar-refractivity contribution in [1.29, 1.82) is 0 Å². The van der Waals surface area contributed by atoms with Crippen molar-refractivity contribution in [3.63, 3.8) is 0 Å². The highest BCUT2D eigenvalue weighted by Gasteiger charge is 2.45. The summed E-state index contributed by atoms with van der Waals surface area (Å²) in [5.74, 6) is -0.702. The predicted octanol–water partition coefficient (Wildman–Crippen LogP) is -0.986. The fraction of sp³-hybridized carbons (Fsp3) is 0.500. The highest BCUT2D eigenvalue weighted by molar-refractivity contribution is 5.94. The number of ether oxygens (including phenoxy) is 2. The van der Waals surface area contributed by atoms with E-state index in [1.54, 1.807) is 30.3 Å². The lowest BCUT2D eigenvalue weighted by Gasteiger charge is -2.42. The lowest BCUT2D eigenvalue weighted by atomic mass is 9.96. The molecule has 132 valence electrons. The SMILES string of the molecule is CO[C@H]1[C@@H](O)[C@@H](CNC(C)=O)O[C@@H](O)[C@@H]1NC(=O)c1ccccc1. The average molecular weight is 338 g/mol. The van der Waals surface area contributed by atoms with E-state index in [-0.39, 0.29) is 12.5 Å². The fourth-order valence-corrected chi connectivity index (χ4v) is 2.61. The second kappa shape index (κ2) is 8.20. The predicted molar refractivity (Wildman–Crippen MR) is 84.1 cm³/mol. The summed E-state index contributed by atoms with van der Waals surface area (Å²) in [5, 5.41) is 25.7. The Morgan fingerprint density at radius 3 is 2.50 bits per heavy atom. The van der Waals surface area contributed by atoms with Crippen LogP contribution in [-0.4, -0.2) is 66.3 Å². The second-order valence-electron chi connectivity index (χ2n) is 5.56. The van der Waals surface area contributed by atoms with Gasteiger partial charge in [-0.3, -0.25) is 9.59 Å². The highest BCUT2D eigenvalue weighted by atomic mass is 16.6. The smallest absolute Gasteiger partial charge is 0.251 e. The van der Waals surface area contributed by atoms with Gasteiger partial charge in [0, 0.05) is 26.1 Å². The van der Waals surface area contributed by atoms with Crippen molar-refractivity contribution in [1.82, 2.24) is 10.6 Å². The molecule has 8 nitrogen and oxygen atoms in total. The number of rotatable bonds is 5. The first kappa shape index (κ1) is 18.3. The molecule has 0 radical (unpaired) electrons. The van der Waals surface area contributed by atoms with Gasteiger partial charge in [-0.25, -0.2) is 0 Å². The highest BCUT2D eigenvalue weighted by Crippen LogP contribution is 2.22. The Labute approximate surface area is 139 Å². The van der Waals surface area contributed by atoms with Crippen molar-refractivity contribution in [3.8, 4) is 0 Å². The molecule has 4 N–H and O–H groups in total. The summed E-state index contributed by atoms with van der Waals surface area (Å²) in [7, 11) is 1.36. The normalized spacial score (nSPS) is 29.8. The van der Waals surface area contributed by atoms with Crippen LogP contribution < -0.4 is 10.6 Å². The van der Waals surface area contributed by atoms with Gasteiger partial charge in [0.1, 0.15) is 24.4 Å². The molecule has 0 spiro atoms. The minimum atomic E-state index is -1.38. The van der Waals surface area contributed by atoms with Gasteiger partial charge in [-0.1, -0.05) is 18.2 Å². The monoisotopic (exact) mass is 338 g/mol. The zero-order valence-electron chi connectivity index (χ0n) is 13.5. The molecule has 1 heterocycles. The maximum atomic E-state index is 12.3. The Morgan fingerprint density at radius 1 is 1.25 bits per heavy atom. The summed E-state index contributed by atoms with van der Waals surface area (Å²) in [5.41, 5.74) is 0.411. The van der Waals surface area contributed by atoms with Gasteiger partial charge in [0.25, 0.3) is 5.91 Å². The third kappa shape index (κ3) is 4.30. The molecule has 0 unspecified atom stereocenters. The second-order valence-corrected chi connectivity index (χ2v) is 5.56. The lowest BCUT2D eigenvalue weighted by Crippen LogP contribution is -2.65. The quantitative estimate of drug-likeness (QED) is 0.548. The number of amides is 2. The topological polar surface area (TPSA) is 117 Å². The van der Waals surface area contributed by atoms with Crippen molar-refractivity contribution in [2.24, 2.45) is 0 Å². The van der Waals surface area contributed by atoms with Crippen LogP contribution in [0.2, 0.25) is 0 Å². The molecule has 2 amide bonds. The molecule has 24 heavy (non-hydrogen) atoms. The van der Waals surface area contributed by atoms with Gasteiger partial charge >= 0.3 is 0 Å². The molecular formula is C16H22N2O6. The summed E-state index contributed by atoms with van der Waals surface area (Å²) < 4.78 is 10.6. The van der Waals surface area contributed by atoms with E-state index in [4.69, 9.17) is 9.47 Å². The van der Waals surface area contributed by atoms with Crippen LogP contribution in [0.4, 0.5) is 0 Å². The van der Waals surface area contributed by atoms with Crippen LogP contribution in [0.5, 0.6) is 0 Å². The van der Waals surface area contributed by atoms with Gasteiger partial charge < -0.3 is 30.3 Å². The van der Waals surface area contributed by atoms with Gasteiger partial charge in [-0.05, 0) is 12.1 Å². The molecule has 1 saturated heterocycles. The first-order chi connectivity index (χ1) is 11.4. The number of carbonyl (C=O) groups is 2. The van der Waals surface area contributed by atoms with Crippen LogP contribution in [0.15, 0.2) is 30.3 Å². The number of benzene rings is 1. The van der Waals surface area contributed by atoms with E-state index in [1.165, 1.54) is 14.0 Å². The van der Waals surface area contributed by atoms with Crippen molar-refractivity contribution in [2.45, 2.75) is 37.6 Å². The van der Waals surface area contributed by atoms with E-state index in [0.29, 0.717) is 5.56 Å². The van der Waals surface area contributed by atoms with E-state index in [9.17, 15) is 19.8 Å². The Morgan fingerprint density at radius 2 is 1.92 bits per heavy atom. The number of aliphatic hydroxyl groups is 2. The van der Waals surface area contributed by atoms with E-state index in [1.807, 2.05) is 0 Å². The van der Waals surface area contributed by atoms with Crippen molar-refractivity contribution in [3.05, 3.63) is 35.9 Å². The summed E-state index contributed by atoms with van der Waals surface area (Å²) in [6.45, 7) is 1.36. The standard InChI is InChI=1S/C16H22N2O6/c1-9(19)17-8-11-13(20)14(23-2)12(16(22)24-11)18-15(21)10-6-4-3-5-7-10/h3-7,11-14,16,20,22H,8H2,1-2H3,(H,17,19)(H,18,21)/t11-,12-,13+,14-,16-/m1/s1. The van der Waals surface area contributed by atoms with Gasteiger partial charge in [0.2, 0.25) is 5.91 Å². The Hall–Kier alpha value is -2.00. The number of carbonyl (C=O) groups excluding carboxylic acids is 2. The molecule has 1 aromatic rings. The van der Waals surface area contributed by atoms with Gasteiger partial charge in [-0.15, -0.1) is 0 Å². The van der Waals surface area contributed by atoms with Crippen LogP contribution in [0.25, 0.3) is 0 Å². The number of aliphatic hydroxyl groups excluding tert-OH is 2. The summed E-state index contributed by atoms with van der Waals surface area (Å²) in [6, 6.07) is 7.52. The molecule has 1 aliphatic heterocycles. The Kier molecular flexibility index (Phi) is 6.27.